The van der Waals surface area contributed by atoms with E-state index < -0.39 is 5.60 Å². The third-order valence-electron chi connectivity index (χ3n) is 4.83. The lowest BCUT2D eigenvalue weighted by Crippen LogP contribution is -2.28. The predicted molar refractivity (Wildman–Crippen MR) is 108 cm³/mol. The molecule has 2 aromatic heterocycles. The van der Waals surface area contributed by atoms with Gasteiger partial charge in [0.15, 0.2) is 0 Å². The molecule has 6 heteroatoms. The molecule has 1 saturated carbocycles. The standard InChI is InChI=1S/C21H30N2O3S/c1-13(2)17-11-16-19(22-12-23-20(16)27-17)25-15-8-6-14(7-9-15)10-18(24)26-21(3,4)5/h11-15H,6-10H2,1-5H3. The zero-order chi connectivity index (χ0) is 19.6. The number of ether oxygens (including phenoxy) is 2. The zero-order valence-electron chi connectivity index (χ0n) is 16.9. The molecule has 3 rings (SSSR count). The molecule has 0 radical (unpaired) electrons. The number of esters is 1. The number of nitrogens with zero attached hydrogens (tertiary/aromatic N) is 2. The Morgan fingerprint density at radius 1 is 1.22 bits per heavy atom. The summed E-state index contributed by atoms with van der Waals surface area (Å²) in [6, 6.07) is 2.16. The van der Waals surface area contributed by atoms with Gasteiger partial charge in [0.25, 0.3) is 0 Å². The van der Waals surface area contributed by atoms with Crippen LogP contribution in [0.15, 0.2) is 12.4 Å². The number of rotatable bonds is 5. The van der Waals surface area contributed by atoms with Crippen molar-refractivity contribution in [2.45, 2.75) is 84.3 Å². The molecule has 0 aliphatic heterocycles. The van der Waals surface area contributed by atoms with Gasteiger partial charge in [-0.1, -0.05) is 13.8 Å². The summed E-state index contributed by atoms with van der Waals surface area (Å²) in [7, 11) is 0. The van der Waals surface area contributed by atoms with E-state index in [2.05, 4.69) is 29.9 Å². The Bertz CT molecular complexity index is 786. The molecule has 5 nitrogen and oxygen atoms in total. The highest BCUT2D eigenvalue weighted by Crippen LogP contribution is 2.36. The number of hydrogen-bond donors (Lipinski definition) is 0. The largest absolute Gasteiger partial charge is 0.474 e. The molecule has 1 fully saturated rings. The lowest BCUT2D eigenvalue weighted by molar-refractivity contribution is -0.156. The maximum Gasteiger partial charge on any atom is 0.306 e. The Kier molecular flexibility index (Phi) is 6.04. The Hall–Kier alpha value is -1.69. The van der Waals surface area contributed by atoms with Crippen LogP contribution in [0.2, 0.25) is 0 Å². The van der Waals surface area contributed by atoms with Crippen LogP contribution in [0, 0.1) is 5.92 Å². The van der Waals surface area contributed by atoms with Gasteiger partial charge in [-0.05, 0) is 64.4 Å². The van der Waals surface area contributed by atoms with Crippen molar-refractivity contribution in [2.75, 3.05) is 0 Å². The van der Waals surface area contributed by atoms with Crippen molar-refractivity contribution in [3.8, 4) is 5.88 Å². The fraction of sp³-hybridized carbons (Fsp3) is 0.667. The number of aromatic nitrogens is 2. The first-order valence-electron chi connectivity index (χ1n) is 9.84. The Balaban J connectivity index is 1.57. The molecule has 0 spiro atoms. The molecule has 0 unspecified atom stereocenters. The number of carbonyl (C=O) groups is 1. The van der Waals surface area contributed by atoms with Crippen LogP contribution in [0.5, 0.6) is 5.88 Å². The van der Waals surface area contributed by atoms with E-state index in [1.807, 2.05) is 20.8 Å². The normalized spacial score (nSPS) is 20.8. The van der Waals surface area contributed by atoms with Gasteiger partial charge in [-0.3, -0.25) is 4.79 Å². The molecule has 2 heterocycles. The maximum absolute atomic E-state index is 12.0. The summed E-state index contributed by atoms with van der Waals surface area (Å²) in [5, 5.41) is 1.02. The molecule has 0 bridgehead atoms. The fourth-order valence-corrected chi connectivity index (χ4v) is 4.45. The van der Waals surface area contributed by atoms with E-state index in [0.717, 1.165) is 35.9 Å². The zero-order valence-corrected chi connectivity index (χ0v) is 17.8. The van der Waals surface area contributed by atoms with E-state index in [0.29, 0.717) is 24.1 Å². The monoisotopic (exact) mass is 390 g/mol. The van der Waals surface area contributed by atoms with Crippen LogP contribution in [-0.4, -0.2) is 27.6 Å². The smallest absolute Gasteiger partial charge is 0.306 e. The fourth-order valence-electron chi connectivity index (χ4n) is 3.46. The number of carbonyl (C=O) groups excluding carboxylic acids is 1. The number of thiophene rings is 1. The van der Waals surface area contributed by atoms with Crippen LogP contribution >= 0.6 is 11.3 Å². The van der Waals surface area contributed by atoms with Gasteiger partial charge < -0.3 is 9.47 Å². The van der Waals surface area contributed by atoms with Gasteiger partial charge in [0.2, 0.25) is 5.88 Å². The molecule has 1 aliphatic rings. The van der Waals surface area contributed by atoms with Crippen LogP contribution in [0.25, 0.3) is 10.2 Å². The van der Waals surface area contributed by atoms with Crippen molar-refractivity contribution in [3.05, 3.63) is 17.3 Å². The van der Waals surface area contributed by atoms with E-state index in [-0.39, 0.29) is 12.1 Å². The molecule has 0 saturated heterocycles. The summed E-state index contributed by atoms with van der Waals surface area (Å²) in [4.78, 5) is 23.1. The Labute approximate surface area is 165 Å². The van der Waals surface area contributed by atoms with Crippen molar-refractivity contribution in [2.24, 2.45) is 5.92 Å². The Morgan fingerprint density at radius 2 is 1.93 bits per heavy atom. The third kappa shape index (κ3) is 5.41. The topological polar surface area (TPSA) is 61.3 Å². The highest BCUT2D eigenvalue weighted by molar-refractivity contribution is 7.18. The van der Waals surface area contributed by atoms with E-state index >= 15 is 0 Å². The summed E-state index contributed by atoms with van der Waals surface area (Å²) in [5.74, 6) is 1.46. The molecule has 148 valence electrons. The van der Waals surface area contributed by atoms with Gasteiger partial charge in [0.1, 0.15) is 22.9 Å². The lowest BCUT2D eigenvalue weighted by Gasteiger charge is -2.29. The van der Waals surface area contributed by atoms with Crippen molar-refractivity contribution >= 4 is 27.5 Å². The molecule has 0 N–H and O–H groups in total. The summed E-state index contributed by atoms with van der Waals surface area (Å²) in [6.07, 6.45) is 6.11. The van der Waals surface area contributed by atoms with Crippen LogP contribution in [0.3, 0.4) is 0 Å². The SMILES string of the molecule is CC(C)c1cc2c(OC3CCC(CC(=O)OC(C)(C)C)CC3)ncnc2s1. The number of hydrogen-bond acceptors (Lipinski definition) is 6. The highest BCUT2D eigenvalue weighted by atomic mass is 32.1. The average molecular weight is 391 g/mol. The highest BCUT2D eigenvalue weighted by Gasteiger charge is 2.27. The van der Waals surface area contributed by atoms with Gasteiger partial charge in [-0.15, -0.1) is 11.3 Å². The van der Waals surface area contributed by atoms with Crippen molar-refractivity contribution in [3.63, 3.8) is 0 Å². The van der Waals surface area contributed by atoms with Crippen LogP contribution < -0.4 is 4.74 Å². The minimum atomic E-state index is -0.412. The van der Waals surface area contributed by atoms with Crippen molar-refractivity contribution < 1.29 is 14.3 Å². The van der Waals surface area contributed by atoms with Crippen LogP contribution in [0.1, 0.15) is 77.5 Å². The van der Waals surface area contributed by atoms with E-state index in [4.69, 9.17) is 9.47 Å². The molecular weight excluding hydrogens is 360 g/mol. The van der Waals surface area contributed by atoms with E-state index in [1.54, 1.807) is 17.7 Å². The summed E-state index contributed by atoms with van der Waals surface area (Å²) in [6.45, 7) is 10.1. The van der Waals surface area contributed by atoms with Gasteiger partial charge in [-0.2, -0.15) is 0 Å². The molecule has 0 amide bonds. The third-order valence-corrected chi connectivity index (χ3v) is 6.17. The summed E-state index contributed by atoms with van der Waals surface area (Å²) in [5.41, 5.74) is -0.412. The average Bonchev–Trinajstić information content (AvgIpc) is 3.00. The first-order chi connectivity index (χ1) is 12.7. The molecule has 1 aliphatic carbocycles. The summed E-state index contributed by atoms with van der Waals surface area (Å²) < 4.78 is 11.7. The van der Waals surface area contributed by atoms with E-state index in [1.165, 1.54) is 4.88 Å². The van der Waals surface area contributed by atoms with Gasteiger partial charge in [-0.25, -0.2) is 9.97 Å². The minimum absolute atomic E-state index is 0.0936. The first kappa shape index (κ1) is 20.1. The first-order valence-corrected chi connectivity index (χ1v) is 10.7. The maximum atomic E-state index is 12.0. The second-order valence-electron chi connectivity index (χ2n) is 8.75. The predicted octanol–water partition coefficient (Wildman–Crippen LogP) is 5.48. The van der Waals surface area contributed by atoms with Gasteiger partial charge in [0.05, 0.1) is 5.39 Å². The van der Waals surface area contributed by atoms with E-state index in [9.17, 15) is 4.79 Å². The molecule has 0 aromatic carbocycles. The van der Waals surface area contributed by atoms with Gasteiger partial charge in [0, 0.05) is 11.3 Å². The molecule has 2 aromatic rings. The van der Waals surface area contributed by atoms with Crippen molar-refractivity contribution in [1.29, 1.82) is 0 Å². The second kappa shape index (κ2) is 8.13. The lowest BCUT2D eigenvalue weighted by atomic mass is 9.85. The second-order valence-corrected chi connectivity index (χ2v) is 9.81. The summed E-state index contributed by atoms with van der Waals surface area (Å²) >= 11 is 1.71. The van der Waals surface area contributed by atoms with Crippen LogP contribution in [-0.2, 0) is 9.53 Å². The van der Waals surface area contributed by atoms with Crippen LogP contribution in [0.4, 0.5) is 0 Å². The molecule has 27 heavy (non-hydrogen) atoms. The molecular formula is C21H30N2O3S. The number of fused-ring (bicyclic) bond motifs is 1. The Morgan fingerprint density at radius 3 is 2.56 bits per heavy atom. The van der Waals surface area contributed by atoms with Crippen molar-refractivity contribution in [1.82, 2.24) is 9.97 Å². The van der Waals surface area contributed by atoms with Gasteiger partial charge >= 0.3 is 5.97 Å². The minimum Gasteiger partial charge on any atom is -0.474 e. The molecule has 0 atom stereocenters. The quantitative estimate of drug-likeness (QED) is 0.632.